The van der Waals surface area contributed by atoms with E-state index in [2.05, 4.69) is 91.5 Å². The molecule has 2 amide bonds. The van der Waals surface area contributed by atoms with Crippen molar-refractivity contribution in [2.45, 2.75) is 166 Å². The molecule has 0 spiro atoms. The van der Waals surface area contributed by atoms with E-state index in [0.717, 1.165) is 25.0 Å². The van der Waals surface area contributed by atoms with Gasteiger partial charge in [-0.15, -0.1) is 0 Å². The Hall–Kier alpha value is -9.49. The quantitative estimate of drug-likeness (QED) is 0.0698. The number of carbonyl (C=O) groups excluding carboxylic acids is 2. The Labute approximate surface area is 606 Å². The molecule has 0 aromatic carbocycles. The number of nitrogens with zero attached hydrogens (tertiary/aromatic N) is 10. The number of aliphatic hydroxyl groups is 1. The Morgan fingerprint density at radius 2 is 0.905 bits per heavy atom. The minimum Gasteiger partial charge on any atom is -0.478 e. The monoisotopic (exact) mass is 1490 g/mol. The third-order valence-corrected chi connectivity index (χ3v) is 20.7. The van der Waals surface area contributed by atoms with Crippen molar-refractivity contribution in [2.24, 2.45) is 22.7 Å². The SMILES string of the molecule is CC(C)(C)CCO.CC(C)(C)CCOc1cccc(-c2ccc3c(n2)N2C[C@@H](CC[C@H](c4cccc(C(F)(F)F)n4)Nc4cccc(n4)S(=O)(=O)NC3=O)CC2(C)C)n1.CC1(C)C[C@@H]2CC[C@H](c3cccc(C(F)(F)F)n3)Nc3cccc(n3)S(=O)(=O)NC(=O)c3ccc(-c4cccc(F)n4)nc3N1C2. The van der Waals surface area contributed by atoms with E-state index >= 15 is 0 Å². The fourth-order valence-electron chi connectivity index (χ4n) is 12.9. The largest absolute Gasteiger partial charge is 0.478 e. The standard InChI is InChI=1S/C37H42F3N7O4S.C31H29F4N7O3S.C6H14O/c1-35(2,3)19-20-51-31-13-7-10-26(43-31)28-18-16-24-33(44-28)47-22-23(21-36(47,4)5)15-17-27(25-9-6-11-29(41-25)37(38,39)40)42-30-12-8-14-32(45-30)52(49,50)46-34(24)48;1-30(2)16-18-12-14-22(20-6-3-8-24(36-20)31(33,34)35)38-26-10-5-11-27(40-26)46(44,45)41-29(43)19-13-15-23(39-28(19)42(30)17-18)21-7-4-9-25(32)37-21;1-6(2,3)4-5-7/h6-14,16,18,23,27H,15,17,19-22H2,1-5H3,(H,42,45)(H,46,48);3-11,13,15,18,22H,12,14,16-17H2,1-2H3,(H,38,40)(H,41,43);7H,4-5H2,1-3H3/t23-,27+;18-,22+;/m00./s1. The lowest BCUT2D eigenvalue weighted by Gasteiger charge is -2.34. The van der Waals surface area contributed by atoms with Crippen molar-refractivity contribution in [3.63, 3.8) is 0 Å². The number of sulfonamides is 2. The number of anilines is 4. The number of amides is 2. The maximum absolute atomic E-state index is 14.0. The van der Waals surface area contributed by atoms with Crippen molar-refractivity contribution in [1.82, 2.24) is 49.3 Å². The summed E-state index contributed by atoms with van der Waals surface area (Å²) < 4.78 is 160. The predicted molar refractivity (Wildman–Crippen MR) is 382 cm³/mol. The lowest BCUT2D eigenvalue weighted by atomic mass is 9.91. The van der Waals surface area contributed by atoms with Crippen LogP contribution >= 0.6 is 0 Å². The average molecular weight is 1500 g/mol. The number of fused-ring (bicyclic) bond motifs is 12. The summed E-state index contributed by atoms with van der Waals surface area (Å²) in [5, 5.41) is 13.7. The number of carbonyl (C=O) groups is 2. The van der Waals surface area contributed by atoms with Crippen LogP contribution in [0.4, 0.5) is 54.0 Å². The summed E-state index contributed by atoms with van der Waals surface area (Å²) in [4.78, 5) is 65.8. The highest BCUT2D eigenvalue weighted by Gasteiger charge is 2.44. The zero-order valence-corrected chi connectivity index (χ0v) is 61.4. The van der Waals surface area contributed by atoms with Crippen LogP contribution in [-0.2, 0) is 32.4 Å². The molecule has 105 heavy (non-hydrogen) atoms. The number of hydrogen-bond acceptors (Lipinski definition) is 20. The second-order valence-electron chi connectivity index (χ2n) is 30.1. The Balaban J connectivity index is 0.000000207. The van der Waals surface area contributed by atoms with E-state index in [9.17, 15) is 57.2 Å². The lowest BCUT2D eigenvalue weighted by molar-refractivity contribution is -0.142. The number of alkyl halides is 6. The highest BCUT2D eigenvalue weighted by molar-refractivity contribution is 7.90. The molecule has 5 N–H and O–H groups in total. The first-order valence-electron chi connectivity index (χ1n) is 34.2. The van der Waals surface area contributed by atoms with Gasteiger partial charge >= 0.3 is 12.4 Å². The van der Waals surface area contributed by atoms with E-state index in [4.69, 9.17) is 19.8 Å². The van der Waals surface area contributed by atoms with Gasteiger partial charge in [-0.05, 0) is 193 Å². The summed E-state index contributed by atoms with van der Waals surface area (Å²) in [6.45, 7) is 22.3. The summed E-state index contributed by atoms with van der Waals surface area (Å²) in [5.41, 5.74) is -1.02. The zero-order valence-electron chi connectivity index (χ0n) is 59.7. The number of ether oxygens (including phenoxy) is 1. The van der Waals surface area contributed by atoms with Crippen LogP contribution in [0.1, 0.15) is 176 Å². The number of hydrogen-bond donors (Lipinski definition) is 5. The Kier molecular flexibility index (Phi) is 23.0. The molecule has 8 bridgehead atoms. The maximum atomic E-state index is 14.0. The van der Waals surface area contributed by atoms with Gasteiger partial charge in [0.1, 0.15) is 34.7 Å². The highest BCUT2D eigenvalue weighted by atomic mass is 32.2. The van der Waals surface area contributed by atoms with Crippen molar-refractivity contribution >= 4 is 55.1 Å². The Morgan fingerprint density at radius 3 is 1.31 bits per heavy atom. The first-order valence-corrected chi connectivity index (χ1v) is 37.2. The van der Waals surface area contributed by atoms with Crippen LogP contribution in [0.15, 0.2) is 144 Å². The second-order valence-corrected chi connectivity index (χ2v) is 33.3. The maximum Gasteiger partial charge on any atom is 0.433 e. The van der Waals surface area contributed by atoms with E-state index in [-0.39, 0.29) is 74.4 Å². The van der Waals surface area contributed by atoms with Crippen molar-refractivity contribution in [2.75, 3.05) is 46.7 Å². The van der Waals surface area contributed by atoms with Crippen LogP contribution < -0.4 is 34.6 Å². The zero-order chi connectivity index (χ0) is 76.2. The lowest BCUT2D eigenvalue weighted by Crippen LogP contribution is -2.41. The van der Waals surface area contributed by atoms with Crippen molar-refractivity contribution in [3.05, 3.63) is 173 Å². The van der Waals surface area contributed by atoms with E-state index in [1.807, 2.05) is 43.6 Å². The van der Waals surface area contributed by atoms with Gasteiger partial charge in [-0.3, -0.25) is 9.59 Å². The molecule has 12 heterocycles. The molecule has 0 radical (unpaired) electrons. The van der Waals surface area contributed by atoms with Crippen LogP contribution in [-0.4, -0.2) is 111 Å². The molecule has 0 aliphatic carbocycles. The molecule has 8 aromatic heterocycles. The van der Waals surface area contributed by atoms with E-state index in [0.29, 0.717) is 87.5 Å². The van der Waals surface area contributed by atoms with Crippen LogP contribution in [0.3, 0.4) is 0 Å². The summed E-state index contributed by atoms with van der Waals surface area (Å²) in [6, 6.07) is 29.8. The van der Waals surface area contributed by atoms with Gasteiger partial charge in [0.25, 0.3) is 31.9 Å². The molecular formula is C74H85F7N14O8S2. The van der Waals surface area contributed by atoms with Gasteiger partial charge < -0.3 is 30.3 Å². The van der Waals surface area contributed by atoms with Crippen LogP contribution in [0.25, 0.3) is 22.8 Å². The van der Waals surface area contributed by atoms with Crippen LogP contribution in [0.2, 0.25) is 0 Å². The van der Waals surface area contributed by atoms with Crippen molar-refractivity contribution in [1.29, 1.82) is 0 Å². The smallest absolute Gasteiger partial charge is 0.433 e. The third-order valence-electron chi connectivity index (χ3n) is 18.3. The van der Waals surface area contributed by atoms with E-state index in [1.54, 1.807) is 30.3 Å². The van der Waals surface area contributed by atoms with E-state index < -0.39 is 94.8 Å². The van der Waals surface area contributed by atoms with E-state index in [1.165, 1.54) is 84.9 Å². The highest BCUT2D eigenvalue weighted by Crippen LogP contribution is 2.44. The molecular weight excluding hydrogens is 1410 g/mol. The van der Waals surface area contributed by atoms with Gasteiger partial charge in [-0.2, -0.15) is 47.6 Å². The molecule has 8 aromatic rings. The first-order chi connectivity index (χ1) is 49.1. The van der Waals surface area contributed by atoms with Gasteiger partial charge in [-0.25, -0.2) is 49.3 Å². The molecule has 4 aliphatic heterocycles. The molecule has 2 saturated heterocycles. The van der Waals surface area contributed by atoms with Crippen molar-refractivity contribution in [3.8, 4) is 28.7 Å². The van der Waals surface area contributed by atoms with Gasteiger partial charge in [0.2, 0.25) is 11.8 Å². The number of aliphatic hydroxyl groups excluding tert-OH is 1. The number of aromatic nitrogens is 8. The van der Waals surface area contributed by atoms with Gasteiger partial charge in [0, 0.05) is 36.8 Å². The average Bonchev–Trinajstić information content (AvgIpc) is 1.68. The third kappa shape index (κ3) is 19.9. The molecule has 0 saturated carbocycles. The molecule has 12 rings (SSSR count). The summed E-state index contributed by atoms with van der Waals surface area (Å²) >= 11 is 0. The topological polar surface area (TPSA) is 290 Å². The summed E-state index contributed by atoms with van der Waals surface area (Å²) in [7, 11) is -9.01. The molecule has 22 nitrogen and oxygen atoms in total. The predicted octanol–water partition coefficient (Wildman–Crippen LogP) is 14.6. The van der Waals surface area contributed by atoms with Crippen molar-refractivity contribution < 1.29 is 67.0 Å². The molecule has 4 aliphatic rings. The Bertz CT molecular complexity index is 4710. The normalized spacial score (nSPS) is 19.9. The van der Waals surface area contributed by atoms with Gasteiger partial charge in [0.05, 0.1) is 64.0 Å². The molecule has 0 unspecified atom stereocenters. The number of nitrogens with one attached hydrogen (secondary N) is 4. The van der Waals surface area contributed by atoms with Crippen LogP contribution in [0, 0.1) is 28.6 Å². The molecule has 560 valence electrons. The van der Waals surface area contributed by atoms with Gasteiger partial charge in [-0.1, -0.05) is 77.9 Å². The molecule has 4 atom stereocenters. The molecule has 2 fully saturated rings. The fourth-order valence-corrected chi connectivity index (χ4v) is 14.8. The molecule has 31 heteroatoms. The summed E-state index contributed by atoms with van der Waals surface area (Å²) in [6.07, 6.45) is -4.46. The Morgan fingerprint density at radius 1 is 0.495 bits per heavy atom. The van der Waals surface area contributed by atoms with Crippen LogP contribution in [0.5, 0.6) is 5.88 Å². The number of halogens is 7. The first kappa shape index (κ1) is 78.1. The number of pyridine rings is 8. The summed E-state index contributed by atoms with van der Waals surface area (Å²) in [5.74, 6) is -1.41. The number of rotatable bonds is 8. The minimum absolute atomic E-state index is 0.00640. The second kappa shape index (κ2) is 30.9. The fraction of sp³-hybridized carbons (Fsp3) is 0.432. The van der Waals surface area contributed by atoms with Gasteiger partial charge in [0.15, 0.2) is 10.1 Å². The minimum atomic E-state index is -4.66.